The van der Waals surface area contributed by atoms with Gasteiger partial charge < -0.3 is 0 Å². The van der Waals surface area contributed by atoms with Gasteiger partial charge in [-0.3, -0.25) is 0 Å². The van der Waals surface area contributed by atoms with Gasteiger partial charge in [0.2, 0.25) is 0 Å². The fraction of sp³-hybridized carbons (Fsp3) is 1.00. The van der Waals surface area contributed by atoms with Gasteiger partial charge in [-0.15, -0.1) is 0 Å². The summed E-state index contributed by atoms with van der Waals surface area (Å²) < 4.78 is 11.3. The number of hydrogen-bond donors (Lipinski definition) is 0. The van der Waals surface area contributed by atoms with Crippen molar-refractivity contribution < 1.29 is 0 Å². The van der Waals surface area contributed by atoms with Gasteiger partial charge in [-0.05, 0) is 0 Å². The van der Waals surface area contributed by atoms with Crippen molar-refractivity contribution in [2.75, 3.05) is 11.5 Å². The van der Waals surface area contributed by atoms with Gasteiger partial charge in [-0.1, -0.05) is 130 Å². The van der Waals surface area contributed by atoms with Gasteiger partial charge in [0.25, 0.3) is 0 Å². The molecule has 0 unspecified atom stereocenters. The molecule has 164 valence electrons. The largest absolute Gasteiger partial charge is 0.221 e. The van der Waals surface area contributed by atoms with Gasteiger partial charge in [-0.2, -0.15) is 0 Å². The maximum absolute atomic E-state index is 6.42. The van der Waals surface area contributed by atoms with E-state index in [0.717, 1.165) is 11.5 Å². The first-order valence-electron chi connectivity index (χ1n) is 10.0. The summed E-state index contributed by atoms with van der Waals surface area (Å²) >= 11 is 12.8. The van der Waals surface area contributed by atoms with E-state index in [2.05, 4.69) is 96.9 Å². The SMILES string of the molecule is CCS(CC)(=NP(=S)(C(C)(C)C)C(C)(C)C)=NP(=S)(C(C)(C)C)C(C)(C)C. The highest BCUT2D eigenvalue weighted by Crippen LogP contribution is 2.72. The molecule has 0 spiro atoms. The number of hydrogen-bond acceptors (Lipinski definition) is 2. The van der Waals surface area contributed by atoms with Crippen LogP contribution >= 0.6 is 12.4 Å². The maximum atomic E-state index is 6.42. The van der Waals surface area contributed by atoms with Gasteiger partial charge in [0.05, 0.1) is 12.4 Å². The summed E-state index contributed by atoms with van der Waals surface area (Å²) in [6.45, 7) is 31.7. The molecule has 2 nitrogen and oxygen atoms in total. The Morgan fingerprint density at radius 2 is 0.741 bits per heavy atom. The lowest BCUT2D eigenvalue weighted by Crippen LogP contribution is -2.30. The Morgan fingerprint density at radius 3 is 0.852 bits per heavy atom. The summed E-state index contributed by atoms with van der Waals surface area (Å²) in [6, 6.07) is 0. The molecule has 0 radical (unpaired) electrons. The maximum Gasteiger partial charge on any atom is 0.0763 e. The van der Waals surface area contributed by atoms with E-state index in [-0.39, 0.29) is 20.6 Å². The molecule has 0 saturated heterocycles. The molecule has 0 aliphatic carbocycles. The van der Waals surface area contributed by atoms with Crippen molar-refractivity contribution in [3.05, 3.63) is 0 Å². The number of rotatable bonds is 4. The molecule has 0 saturated carbocycles. The fourth-order valence-corrected chi connectivity index (χ4v) is 19.7. The van der Waals surface area contributed by atoms with Crippen molar-refractivity contribution in [3.63, 3.8) is 0 Å². The van der Waals surface area contributed by atoms with Crippen LogP contribution in [0.15, 0.2) is 8.27 Å². The van der Waals surface area contributed by atoms with E-state index in [4.69, 9.17) is 31.9 Å². The van der Waals surface area contributed by atoms with Crippen molar-refractivity contribution in [1.29, 1.82) is 0 Å². The molecule has 0 bridgehead atoms. The highest BCUT2D eigenvalue weighted by atomic mass is 32.5. The lowest BCUT2D eigenvalue weighted by atomic mass is 10.2. The third kappa shape index (κ3) is 5.69. The van der Waals surface area contributed by atoms with E-state index in [1.165, 1.54) is 0 Å². The van der Waals surface area contributed by atoms with Gasteiger partial charge in [0.15, 0.2) is 0 Å². The summed E-state index contributed by atoms with van der Waals surface area (Å²) in [7, 11) is -1.58. The Labute approximate surface area is 182 Å². The van der Waals surface area contributed by atoms with E-state index in [1.807, 2.05) is 0 Å². The minimum atomic E-state index is -2.06. The molecule has 0 amide bonds. The summed E-state index contributed by atoms with van der Waals surface area (Å²) in [5.41, 5.74) is 0. The second-order valence-corrected chi connectivity index (χ2v) is 26.3. The monoisotopic (exact) mass is 472 g/mol. The van der Waals surface area contributed by atoms with Crippen LogP contribution in [0.2, 0.25) is 0 Å². The van der Waals surface area contributed by atoms with Crippen LogP contribution in [-0.2, 0) is 33.2 Å². The normalized spacial score (nSPS) is 15.6. The zero-order valence-electron chi connectivity index (χ0n) is 20.4. The summed E-state index contributed by atoms with van der Waals surface area (Å²) in [4.78, 5) is 0. The van der Waals surface area contributed by atoms with Crippen LogP contribution in [0.3, 0.4) is 0 Å². The molecule has 0 heterocycles. The summed E-state index contributed by atoms with van der Waals surface area (Å²) in [6.07, 6.45) is -4.12. The first kappa shape index (κ1) is 28.2. The lowest BCUT2D eigenvalue weighted by molar-refractivity contribution is 0.704. The van der Waals surface area contributed by atoms with Crippen LogP contribution in [-0.4, -0.2) is 32.1 Å². The first-order valence-corrected chi connectivity index (χ1v) is 17.4. The summed E-state index contributed by atoms with van der Waals surface area (Å²) in [5.74, 6) is 1.89. The predicted octanol–water partition coefficient (Wildman–Crippen LogP) is 8.53. The third-order valence-electron chi connectivity index (χ3n) is 5.10. The molecule has 27 heavy (non-hydrogen) atoms. The number of nitrogens with zero attached hydrogens (tertiary/aromatic N) is 2. The first-order chi connectivity index (χ1) is 11.5. The Hall–Kier alpha value is 1.25. The molecule has 0 rings (SSSR count). The second-order valence-electron chi connectivity index (χ2n) is 11.4. The Morgan fingerprint density at radius 1 is 0.556 bits per heavy atom. The Balaban J connectivity index is 7.50. The second kappa shape index (κ2) is 8.41. The quantitative estimate of drug-likeness (QED) is 0.383. The average molecular weight is 473 g/mol. The van der Waals surface area contributed by atoms with Gasteiger partial charge >= 0.3 is 0 Å². The van der Waals surface area contributed by atoms with E-state index >= 15 is 0 Å². The Kier molecular flexibility index (Phi) is 8.80. The van der Waals surface area contributed by atoms with Crippen LogP contribution < -0.4 is 0 Å². The molecule has 0 aliphatic heterocycles. The van der Waals surface area contributed by atoms with E-state index in [9.17, 15) is 0 Å². The zero-order valence-corrected chi connectivity index (χ0v) is 24.7. The molecular formula is C20H46N2P2S3. The molecule has 0 atom stereocenters. The molecule has 0 aromatic heterocycles. The highest BCUT2D eigenvalue weighted by molar-refractivity contribution is 8.21. The molecule has 0 N–H and O–H groups in total. The molecule has 0 aromatic carbocycles. The van der Waals surface area contributed by atoms with E-state index in [0.29, 0.717) is 0 Å². The van der Waals surface area contributed by atoms with Crippen LogP contribution in [0.1, 0.15) is 96.9 Å². The predicted molar refractivity (Wildman–Crippen MR) is 141 cm³/mol. The van der Waals surface area contributed by atoms with Crippen molar-refractivity contribution in [2.24, 2.45) is 8.27 Å². The minimum absolute atomic E-state index is 0.0231. The van der Waals surface area contributed by atoms with Crippen molar-refractivity contribution in [2.45, 2.75) is 118 Å². The van der Waals surface area contributed by atoms with Crippen LogP contribution in [0, 0.1) is 0 Å². The van der Waals surface area contributed by atoms with Crippen LogP contribution in [0.5, 0.6) is 0 Å². The topological polar surface area (TPSA) is 24.7 Å². The molecule has 0 aromatic rings. The molecule has 7 heteroatoms. The smallest absolute Gasteiger partial charge is 0.0763 e. The fourth-order valence-electron chi connectivity index (χ4n) is 3.38. The third-order valence-corrected chi connectivity index (χ3v) is 26.3. The van der Waals surface area contributed by atoms with Crippen LogP contribution in [0.25, 0.3) is 0 Å². The highest BCUT2D eigenvalue weighted by Gasteiger charge is 2.45. The molecule has 0 fully saturated rings. The minimum Gasteiger partial charge on any atom is -0.221 e. The molecule has 0 aliphatic rings. The van der Waals surface area contributed by atoms with Crippen LogP contribution in [0.4, 0.5) is 0 Å². The zero-order chi connectivity index (χ0) is 22.3. The van der Waals surface area contributed by atoms with Crippen molar-refractivity contribution in [3.8, 4) is 0 Å². The molecular weight excluding hydrogens is 426 g/mol. The van der Waals surface area contributed by atoms with Crippen molar-refractivity contribution in [1.82, 2.24) is 0 Å². The average Bonchev–Trinajstić information content (AvgIpc) is 2.41. The van der Waals surface area contributed by atoms with Gasteiger partial charge in [0, 0.05) is 32.1 Å². The standard InChI is InChI=1S/C20H46N2P2S3/c1-15-27(16-2,21-23(25,17(3,4)5)18(6,7)8)22-24(26,19(9,10)11)20(12,13)14/h15-16H2,1-14H3. The van der Waals surface area contributed by atoms with Gasteiger partial charge in [0.1, 0.15) is 0 Å². The Bertz CT molecular complexity index is 642. The van der Waals surface area contributed by atoms with E-state index < -0.39 is 22.0 Å². The van der Waals surface area contributed by atoms with E-state index in [1.54, 1.807) is 0 Å². The van der Waals surface area contributed by atoms with Crippen molar-refractivity contribution >= 4 is 45.6 Å². The summed E-state index contributed by atoms with van der Waals surface area (Å²) in [5, 5.41) is -0.0924. The van der Waals surface area contributed by atoms with Gasteiger partial charge in [-0.25, -0.2) is 8.27 Å². The lowest BCUT2D eigenvalue weighted by Gasteiger charge is -2.45.